The van der Waals surface area contributed by atoms with Crippen LogP contribution in [0.5, 0.6) is 0 Å². The first-order chi connectivity index (χ1) is 12.2. The molecule has 2 fully saturated rings. The van der Waals surface area contributed by atoms with Crippen molar-refractivity contribution < 1.29 is 13.9 Å². The van der Waals surface area contributed by atoms with Crippen LogP contribution < -0.4 is 10.6 Å². The van der Waals surface area contributed by atoms with Crippen LogP contribution in [0.15, 0.2) is 23.2 Å². The van der Waals surface area contributed by atoms with Crippen molar-refractivity contribution >= 4 is 41.5 Å². The van der Waals surface area contributed by atoms with E-state index < -0.39 is 0 Å². The Morgan fingerprint density at radius 3 is 3.00 bits per heavy atom. The van der Waals surface area contributed by atoms with Gasteiger partial charge in [-0.3, -0.25) is 4.99 Å². The zero-order chi connectivity index (χ0) is 17.6. The van der Waals surface area contributed by atoms with Gasteiger partial charge < -0.3 is 20.1 Å². The van der Waals surface area contributed by atoms with Crippen LogP contribution in [0.2, 0.25) is 5.02 Å². The summed E-state index contributed by atoms with van der Waals surface area (Å²) in [5, 5.41) is 7.09. The van der Waals surface area contributed by atoms with E-state index in [4.69, 9.17) is 21.1 Å². The van der Waals surface area contributed by atoms with Gasteiger partial charge in [-0.1, -0.05) is 17.7 Å². The number of nitrogens with one attached hydrogen (secondary N) is 2. The van der Waals surface area contributed by atoms with Crippen LogP contribution in [-0.2, 0) is 9.47 Å². The van der Waals surface area contributed by atoms with E-state index in [2.05, 4.69) is 15.6 Å². The molecule has 1 aliphatic heterocycles. The Kier molecular flexibility index (Phi) is 8.86. The third kappa shape index (κ3) is 5.94. The molecule has 2 N–H and O–H groups in total. The molecule has 8 heteroatoms. The summed E-state index contributed by atoms with van der Waals surface area (Å²) in [6.07, 6.45) is 2.98. The normalized spacial score (nSPS) is 24.9. The fourth-order valence-corrected chi connectivity index (χ4v) is 3.39. The number of ether oxygens (including phenoxy) is 2. The molecule has 146 valence electrons. The molecule has 0 amide bonds. The number of rotatable bonds is 7. The fourth-order valence-electron chi connectivity index (χ4n) is 3.08. The zero-order valence-corrected chi connectivity index (χ0v) is 17.9. The van der Waals surface area contributed by atoms with Crippen LogP contribution in [0.4, 0.5) is 4.39 Å². The summed E-state index contributed by atoms with van der Waals surface area (Å²) in [5.41, 5.74) is 0.601. The molecule has 1 saturated heterocycles. The summed E-state index contributed by atoms with van der Waals surface area (Å²) in [7, 11) is 1.73. The fraction of sp³-hybridized carbons (Fsp3) is 0.611. The predicted octanol–water partition coefficient (Wildman–Crippen LogP) is 3.31. The van der Waals surface area contributed by atoms with Crippen molar-refractivity contribution in [2.45, 2.75) is 37.3 Å². The molecule has 3 unspecified atom stereocenters. The summed E-state index contributed by atoms with van der Waals surface area (Å²) in [6.45, 7) is 2.98. The molecule has 1 heterocycles. The summed E-state index contributed by atoms with van der Waals surface area (Å²) in [6, 6.07) is 4.98. The van der Waals surface area contributed by atoms with E-state index in [0.717, 1.165) is 38.4 Å². The largest absolute Gasteiger partial charge is 0.379 e. The molecule has 1 saturated carbocycles. The van der Waals surface area contributed by atoms with Gasteiger partial charge in [0.25, 0.3) is 0 Å². The first-order valence-corrected chi connectivity index (χ1v) is 9.17. The van der Waals surface area contributed by atoms with Crippen molar-refractivity contribution in [1.29, 1.82) is 0 Å². The quantitative estimate of drug-likeness (QED) is 0.263. The molecule has 0 bridgehead atoms. The van der Waals surface area contributed by atoms with Crippen molar-refractivity contribution in [3.05, 3.63) is 34.6 Å². The maximum Gasteiger partial charge on any atom is 0.191 e. The smallest absolute Gasteiger partial charge is 0.191 e. The van der Waals surface area contributed by atoms with Crippen LogP contribution in [-0.4, -0.2) is 51.5 Å². The standard InChI is InChI=1S/C18H25ClFN3O2.HI/c1-21-18(22-7-3-8-25-12-6-9-24-11-12)23-16-10-13(16)17-14(19)4-2-5-15(17)20;/h2,4-5,12-13,16H,3,6-11H2,1H3,(H2,21,22,23);1H. The summed E-state index contributed by atoms with van der Waals surface area (Å²) < 4.78 is 25.0. The molecule has 5 nitrogen and oxygen atoms in total. The Labute approximate surface area is 176 Å². The zero-order valence-electron chi connectivity index (χ0n) is 14.8. The third-order valence-electron chi connectivity index (χ3n) is 4.56. The summed E-state index contributed by atoms with van der Waals surface area (Å²) >= 11 is 6.14. The summed E-state index contributed by atoms with van der Waals surface area (Å²) in [5.74, 6) is 0.583. The van der Waals surface area contributed by atoms with E-state index in [1.165, 1.54) is 6.07 Å². The Morgan fingerprint density at radius 2 is 2.31 bits per heavy atom. The Hall–Kier alpha value is -0.640. The van der Waals surface area contributed by atoms with Crippen LogP contribution in [0, 0.1) is 5.82 Å². The van der Waals surface area contributed by atoms with Gasteiger partial charge in [-0.15, -0.1) is 24.0 Å². The lowest BCUT2D eigenvalue weighted by Crippen LogP contribution is -2.39. The molecule has 1 aromatic rings. The molecule has 2 aliphatic rings. The highest BCUT2D eigenvalue weighted by Gasteiger charge is 2.41. The third-order valence-corrected chi connectivity index (χ3v) is 4.89. The van der Waals surface area contributed by atoms with Crippen molar-refractivity contribution in [1.82, 2.24) is 10.6 Å². The molecular formula is C18H26ClFIN3O2. The first kappa shape index (κ1) is 21.7. The topological polar surface area (TPSA) is 54.9 Å². The molecule has 1 aliphatic carbocycles. The minimum Gasteiger partial charge on any atom is -0.379 e. The number of hydrogen-bond donors (Lipinski definition) is 2. The molecule has 0 aromatic heterocycles. The second-order valence-corrected chi connectivity index (χ2v) is 6.84. The van der Waals surface area contributed by atoms with Crippen LogP contribution >= 0.6 is 35.6 Å². The molecule has 0 radical (unpaired) electrons. The maximum atomic E-state index is 14.0. The number of guanidine groups is 1. The van der Waals surface area contributed by atoms with Gasteiger partial charge in [0.15, 0.2) is 5.96 Å². The lowest BCUT2D eigenvalue weighted by atomic mass is 10.1. The van der Waals surface area contributed by atoms with Gasteiger partial charge in [0.05, 0.1) is 12.7 Å². The Morgan fingerprint density at radius 1 is 1.46 bits per heavy atom. The molecular weight excluding hydrogens is 472 g/mol. The van der Waals surface area contributed by atoms with E-state index >= 15 is 0 Å². The van der Waals surface area contributed by atoms with E-state index in [-0.39, 0.29) is 47.9 Å². The second-order valence-electron chi connectivity index (χ2n) is 6.44. The van der Waals surface area contributed by atoms with Gasteiger partial charge in [-0.25, -0.2) is 4.39 Å². The van der Waals surface area contributed by atoms with Gasteiger partial charge >= 0.3 is 0 Å². The number of benzene rings is 1. The van der Waals surface area contributed by atoms with Crippen molar-refractivity contribution in [3.8, 4) is 0 Å². The molecule has 3 atom stereocenters. The highest BCUT2D eigenvalue weighted by Crippen LogP contribution is 2.44. The van der Waals surface area contributed by atoms with Crippen LogP contribution in [0.1, 0.15) is 30.7 Å². The Bertz CT molecular complexity index is 594. The average molecular weight is 498 g/mol. The maximum absolute atomic E-state index is 14.0. The van der Waals surface area contributed by atoms with Gasteiger partial charge in [0.1, 0.15) is 5.82 Å². The summed E-state index contributed by atoms with van der Waals surface area (Å²) in [4.78, 5) is 4.22. The van der Waals surface area contributed by atoms with Gasteiger partial charge in [0.2, 0.25) is 0 Å². The molecule has 1 aromatic carbocycles. The highest BCUT2D eigenvalue weighted by molar-refractivity contribution is 14.0. The van der Waals surface area contributed by atoms with Crippen molar-refractivity contribution in [2.75, 3.05) is 33.4 Å². The SMILES string of the molecule is CN=C(NCCCOC1CCOC1)NC1CC1c1c(F)cccc1Cl.I. The Balaban J connectivity index is 0.00000243. The van der Waals surface area contributed by atoms with Crippen molar-refractivity contribution in [2.24, 2.45) is 4.99 Å². The van der Waals surface area contributed by atoms with Crippen LogP contribution in [0.25, 0.3) is 0 Å². The number of aliphatic imine (C=N–C) groups is 1. The second kappa shape index (κ2) is 10.6. The lowest BCUT2D eigenvalue weighted by molar-refractivity contribution is 0.0420. The van der Waals surface area contributed by atoms with E-state index in [1.54, 1.807) is 19.2 Å². The molecule has 3 rings (SSSR count). The van der Waals surface area contributed by atoms with Gasteiger partial charge in [-0.2, -0.15) is 0 Å². The van der Waals surface area contributed by atoms with Gasteiger partial charge in [0, 0.05) is 49.4 Å². The van der Waals surface area contributed by atoms with E-state index in [1.807, 2.05) is 0 Å². The number of nitrogens with zero attached hydrogens (tertiary/aromatic N) is 1. The first-order valence-electron chi connectivity index (χ1n) is 8.79. The van der Waals surface area contributed by atoms with E-state index in [9.17, 15) is 4.39 Å². The minimum atomic E-state index is -0.238. The van der Waals surface area contributed by atoms with Gasteiger partial charge in [-0.05, 0) is 31.4 Å². The predicted molar refractivity (Wildman–Crippen MR) is 112 cm³/mol. The highest BCUT2D eigenvalue weighted by atomic mass is 127. The molecule has 0 spiro atoms. The number of halogens is 3. The monoisotopic (exact) mass is 497 g/mol. The van der Waals surface area contributed by atoms with Crippen LogP contribution in [0.3, 0.4) is 0 Å². The van der Waals surface area contributed by atoms with Crippen molar-refractivity contribution in [3.63, 3.8) is 0 Å². The lowest BCUT2D eigenvalue weighted by Gasteiger charge is -2.13. The number of hydrogen-bond acceptors (Lipinski definition) is 3. The van der Waals surface area contributed by atoms with E-state index in [0.29, 0.717) is 23.8 Å². The average Bonchev–Trinajstić information content (AvgIpc) is 3.13. The molecule has 26 heavy (non-hydrogen) atoms. The minimum absolute atomic E-state index is 0.